The summed E-state index contributed by atoms with van der Waals surface area (Å²) in [6.07, 6.45) is 1.60. The third kappa shape index (κ3) is 4.68. The predicted molar refractivity (Wildman–Crippen MR) is 114 cm³/mol. The Hall–Kier alpha value is -3.19. The van der Waals surface area contributed by atoms with Crippen LogP contribution in [0.4, 0.5) is 5.69 Å². The van der Waals surface area contributed by atoms with E-state index in [0.29, 0.717) is 37.9 Å². The summed E-state index contributed by atoms with van der Waals surface area (Å²) in [5, 5.41) is 8.91. The van der Waals surface area contributed by atoms with Crippen molar-refractivity contribution in [2.75, 3.05) is 18.4 Å². The number of carbonyl (C=O) groups excluding carboxylic acids is 3. The summed E-state index contributed by atoms with van der Waals surface area (Å²) in [7, 11) is 0. The molecular weight excluding hydrogens is 380 g/mol. The molecule has 3 N–H and O–H groups in total. The van der Waals surface area contributed by atoms with Crippen molar-refractivity contribution in [2.24, 2.45) is 0 Å². The lowest BCUT2D eigenvalue weighted by Crippen LogP contribution is -2.57. The van der Waals surface area contributed by atoms with Crippen LogP contribution in [0.2, 0.25) is 0 Å². The van der Waals surface area contributed by atoms with Gasteiger partial charge in [-0.2, -0.15) is 0 Å². The average Bonchev–Trinajstić information content (AvgIpc) is 3.19. The molecule has 156 valence electrons. The zero-order valence-electron chi connectivity index (χ0n) is 16.7. The maximum Gasteiger partial charge on any atom is 0.251 e. The SMILES string of the molecule is O=C(CC[C@@H]1CNC(=O)[C@@H]2C[C@H](NC(=O)c3ccccc3)CN12)Nc1ccccc1. The number of piperazine rings is 1. The highest BCUT2D eigenvalue weighted by atomic mass is 16.2. The monoisotopic (exact) mass is 406 g/mol. The molecule has 0 radical (unpaired) electrons. The Morgan fingerprint density at radius 3 is 2.47 bits per heavy atom. The van der Waals surface area contributed by atoms with Crippen LogP contribution in [0.3, 0.4) is 0 Å². The molecule has 0 unspecified atom stereocenters. The van der Waals surface area contributed by atoms with Crippen LogP contribution in [0.25, 0.3) is 0 Å². The van der Waals surface area contributed by atoms with E-state index in [1.54, 1.807) is 12.1 Å². The summed E-state index contributed by atoms with van der Waals surface area (Å²) in [5.74, 6) is -0.168. The van der Waals surface area contributed by atoms with Crippen LogP contribution in [-0.2, 0) is 9.59 Å². The van der Waals surface area contributed by atoms with Crippen molar-refractivity contribution in [3.05, 3.63) is 66.2 Å². The number of hydrogen-bond donors (Lipinski definition) is 3. The summed E-state index contributed by atoms with van der Waals surface area (Å²) in [6.45, 7) is 1.13. The molecule has 2 aliphatic rings. The van der Waals surface area contributed by atoms with E-state index in [0.717, 1.165) is 5.69 Å². The first kappa shape index (κ1) is 20.1. The summed E-state index contributed by atoms with van der Waals surface area (Å²) >= 11 is 0. The van der Waals surface area contributed by atoms with E-state index in [1.165, 1.54) is 0 Å². The maximum atomic E-state index is 12.5. The lowest BCUT2D eigenvalue weighted by molar-refractivity contribution is -0.129. The molecule has 2 fully saturated rings. The molecule has 0 aliphatic carbocycles. The van der Waals surface area contributed by atoms with Gasteiger partial charge in [-0.25, -0.2) is 0 Å². The molecular formula is C23H26N4O3. The fourth-order valence-corrected chi connectivity index (χ4v) is 4.25. The Balaban J connectivity index is 1.33. The van der Waals surface area contributed by atoms with Crippen molar-refractivity contribution in [1.82, 2.24) is 15.5 Å². The molecule has 3 atom stereocenters. The molecule has 3 amide bonds. The minimum absolute atomic E-state index is 0.00329. The minimum Gasteiger partial charge on any atom is -0.353 e. The molecule has 0 aromatic heterocycles. The minimum atomic E-state index is -0.262. The van der Waals surface area contributed by atoms with Crippen molar-refractivity contribution < 1.29 is 14.4 Å². The fourth-order valence-electron chi connectivity index (χ4n) is 4.25. The van der Waals surface area contributed by atoms with Crippen molar-refractivity contribution in [1.29, 1.82) is 0 Å². The molecule has 0 bridgehead atoms. The van der Waals surface area contributed by atoms with E-state index >= 15 is 0 Å². The van der Waals surface area contributed by atoms with Crippen molar-refractivity contribution >= 4 is 23.4 Å². The lowest BCUT2D eigenvalue weighted by Gasteiger charge is -2.37. The number of para-hydroxylation sites is 1. The van der Waals surface area contributed by atoms with Crippen molar-refractivity contribution in [3.8, 4) is 0 Å². The van der Waals surface area contributed by atoms with Crippen LogP contribution in [0.15, 0.2) is 60.7 Å². The molecule has 0 spiro atoms. The first-order valence-corrected chi connectivity index (χ1v) is 10.3. The van der Waals surface area contributed by atoms with Crippen LogP contribution >= 0.6 is 0 Å². The van der Waals surface area contributed by atoms with Crippen molar-refractivity contribution in [2.45, 2.75) is 37.4 Å². The maximum absolute atomic E-state index is 12.5. The number of carbonyl (C=O) groups is 3. The van der Waals surface area contributed by atoms with Gasteiger partial charge in [-0.3, -0.25) is 19.3 Å². The number of rotatable bonds is 6. The first-order chi connectivity index (χ1) is 14.6. The van der Waals surface area contributed by atoms with Gasteiger partial charge in [-0.15, -0.1) is 0 Å². The number of nitrogens with one attached hydrogen (secondary N) is 3. The smallest absolute Gasteiger partial charge is 0.251 e. The number of amides is 3. The zero-order valence-corrected chi connectivity index (χ0v) is 16.7. The van der Waals surface area contributed by atoms with Crippen LogP contribution < -0.4 is 16.0 Å². The standard InChI is InChI=1S/C23H26N4O3/c28-21(25-17-9-5-2-6-10-17)12-11-19-14-24-23(30)20-13-18(15-27(19)20)26-22(29)16-7-3-1-4-8-16/h1-10,18-20H,11-15H2,(H,24,30)(H,25,28)(H,26,29)/t18-,19+,20-/m0/s1. The van der Waals surface area contributed by atoms with Gasteiger partial charge in [0.15, 0.2) is 0 Å². The Morgan fingerprint density at radius 1 is 1.03 bits per heavy atom. The highest BCUT2D eigenvalue weighted by Gasteiger charge is 2.43. The quantitative estimate of drug-likeness (QED) is 0.682. The molecule has 2 aliphatic heterocycles. The van der Waals surface area contributed by atoms with Crippen LogP contribution in [-0.4, -0.2) is 53.8 Å². The first-order valence-electron chi connectivity index (χ1n) is 10.3. The highest BCUT2D eigenvalue weighted by Crippen LogP contribution is 2.26. The molecule has 7 heteroatoms. The molecule has 30 heavy (non-hydrogen) atoms. The topological polar surface area (TPSA) is 90.5 Å². The number of hydrogen-bond acceptors (Lipinski definition) is 4. The zero-order chi connectivity index (χ0) is 20.9. The van der Waals surface area contributed by atoms with Gasteiger partial charge in [-0.05, 0) is 37.1 Å². The average molecular weight is 406 g/mol. The van der Waals surface area contributed by atoms with E-state index in [4.69, 9.17) is 0 Å². The largest absolute Gasteiger partial charge is 0.353 e. The molecule has 2 aromatic carbocycles. The van der Waals surface area contributed by atoms with E-state index in [1.807, 2.05) is 48.5 Å². The summed E-state index contributed by atoms with van der Waals surface area (Å²) in [4.78, 5) is 39.3. The molecule has 0 saturated carbocycles. The normalized spacial score (nSPS) is 23.3. The molecule has 2 heterocycles. The second-order valence-corrected chi connectivity index (χ2v) is 7.84. The van der Waals surface area contributed by atoms with Crippen molar-refractivity contribution in [3.63, 3.8) is 0 Å². The van der Waals surface area contributed by atoms with Gasteiger partial charge in [-0.1, -0.05) is 36.4 Å². The number of anilines is 1. The van der Waals surface area contributed by atoms with Gasteiger partial charge in [0.25, 0.3) is 5.91 Å². The third-order valence-corrected chi connectivity index (χ3v) is 5.76. The summed E-state index contributed by atoms with van der Waals surface area (Å²) < 4.78 is 0. The Kier molecular flexibility index (Phi) is 6.09. The second-order valence-electron chi connectivity index (χ2n) is 7.84. The number of nitrogens with zero attached hydrogens (tertiary/aromatic N) is 1. The van der Waals surface area contributed by atoms with Gasteiger partial charge >= 0.3 is 0 Å². The number of benzene rings is 2. The van der Waals surface area contributed by atoms with E-state index < -0.39 is 0 Å². The molecule has 2 aromatic rings. The van der Waals surface area contributed by atoms with E-state index in [-0.39, 0.29) is 35.8 Å². The molecule has 2 saturated heterocycles. The Morgan fingerprint density at radius 2 is 1.73 bits per heavy atom. The van der Waals surface area contributed by atoms with Gasteiger partial charge in [0.1, 0.15) is 0 Å². The Labute approximate surface area is 175 Å². The summed E-state index contributed by atoms with van der Waals surface area (Å²) in [5.41, 5.74) is 1.39. The van der Waals surface area contributed by atoms with Crippen LogP contribution in [0, 0.1) is 0 Å². The summed E-state index contributed by atoms with van der Waals surface area (Å²) in [6, 6.07) is 18.2. The fraction of sp³-hybridized carbons (Fsp3) is 0.348. The molecule has 7 nitrogen and oxygen atoms in total. The lowest BCUT2D eigenvalue weighted by atomic mass is 10.0. The van der Waals surface area contributed by atoms with Crippen LogP contribution in [0.5, 0.6) is 0 Å². The third-order valence-electron chi connectivity index (χ3n) is 5.76. The highest BCUT2D eigenvalue weighted by molar-refractivity contribution is 5.94. The predicted octanol–water partition coefficient (Wildman–Crippen LogP) is 1.78. The van der Waals surface area contributed by atoms with Gasteiger partial charge in [0, 0.05) is 42.8 Å². The van der Waals surface area contributed by atoms with Gasteiger partial charge in [0.05, 0.1) is 6.04 Å². The van der Waals surface area contributed by atoms with Gasteiger partial charge in [0.2, 0.25) is 11.8 Å². The molecule has 4 rings (SSSR count). The van der Waals surface area contributed by atoms with E-state index in [2.05, 4.69) is 20.9 Å². The number of fused-ring (bicyclic) bond motifs is 1. The van der Waals surface area contributed by atoms with Gasteiger partial charge < -0.3 is 16.0 Å². The van der Waals surface area contributed by atoms with E-state index in [9.17, 15) is 14.4 Å². The second kappa shape index (κ2) is 9.09. The Bertz CT molecular complexity index is 903. The van der Waals surface area contributed by atoms with Crippen LogP contribution in [0.1, 0.15) is 29.6 Å².